The Morgan fingerprint density at radius 1 is 0.926 bits per heavy atom. The lowest BCUT2D eigenvalue weighted by Crippen LogP contribution is -2.09. The van der Waals surface area contributed by atoms with E-state index in [1.54, 1.807) is 0 Å². The lowest BCUT2D eigenvalue weighted by Gasteiger charge is -2.14. The van der Waals surface area contributed by atoms with E-state index in [1.807, 2.05) is 33.2 Å². The number of nitrogens with zero attached hydrogens (tertiary/aromatic N) is 3. The quantitative estimate of drug-likeness (QED) is 0.573. The molecule has 0 aliphatic rings. The van der Waals surface area contributed by atoms with Gasteiger partial charge in [0.1, 0.15) is 5.82 Å². The Labute approximate surface area is 161 Å². The first kappa shape index (κ1) is 18.7. The van der Waals surface area contributed by atoms with Gasteiger partial charge in [-0.1, -0.05) is 30.3 Å². The van der Waals surface area contributed by atoms with Gasteiger partial charge < -0.3 is 15.5 Å². The van der Waals surface area contributed by atoms with Crippen molar-refractivity contribution in [3.8, 4) is 0 Å². The summed E-state index contributed by atoms with van der Waals surface area (Å²) in [5.41, 5.74) is 4.46. The lowest BCUT2D eigenvalue weighted by atomic mass is 10.1. The van der Waals surface area contributed by atoms with Crippen LogP contribution in [0.5, 0.6) is 0 Å². The number of nitrogens with one attached hydrogen (secondary N) is 2. The van der Waals surface area contributed by atoms with Gasteiger partial charge in [-0.15, -0.1) is 0 Å². The molecular weight excluding hydrogens is 334 g/mol. The SMILES string of the molecule is Cc1cc(Nc2ccc(N(C)C)cc2)nc(NCCCc2ccccc2)n1. The van der Waals surface area contributed by atoms with E-state index < -0.39 is 0 Å². The molecule has 1 heterocycles. The number of aryl methyl sites for hydroxylation is 2. The zero-order chi connectivity index (χ0) is 19.1. The molecule has 1 aromatic heterocycles. The molecule has 5 nitrogen and oxygen atoms in total. The second-order valence-electron chi connectivity index (χ2n) is 6.80. The smallest absolute Gasteiger partial charge is 0.224 e. The van der Waals surface area contributed by atoms with Crippen LogP contribution >= 0.6 is 0 Å². The van der Waals surface area contributed by atoms with Crippen molar-refractivity contribution >= 4 is 23.1 Å². The van der Waals surface area contributed by atoms with Crippen LogP contribution < -0.4 is 15.5 Å². The highest BCUT2D eigenvalue weighted by Crippen LogP contribution is 2.20. The Balaban J connectivity index is 1.57. The highest BCUT2D eigenvalue weighted by molar-refractivity contribution is 5.61. The van der Waals surface area contributed by atoms with Crippen molar-refractivity contribution in [2.45, 2.75) is 19.8 Å². The van der Waals surface area contributed by atoms with Gasteiger partial charge in [-0.3, -0.25) is 0 Å². The third-order valence-electron chi connectivity index (χ3n) is 4.28. The Morgan fingerprint density at radius 2 is 1.67 bits per heavy atom. The fourth-order valence-corrected chi connectivity index (χ4v) is 2.84. The predicted molar refractivity (Wildman–Crippen MR) is 114 cm³/mol. The maximum absolute atomic E-state index is 4.59. The molecule has 3 aromatic rings. The number of anilines is 4. The molecule has 27 heavy (non-hydrogen) atoms. The molecule has 0 aliphatic carbocycles. The summed E-state index contributed by atoms with van der Waals surface area (Å²) in [4.78, 5) is 11.2. The highest BCUT2D eigenvalue weighted by Gasteiger charge is 2.03. The van der Waals surface area contributed by atoms with Crippen LogP contribution in [0.25, 0.3) is 0 Å². The minimum atomic E-state index is 0.662. The normalized spacial score (nSPS) is 10.5. The standard InChI is InChI=1S/C22H27N5/c1-17-16-21(25-19-11-13-20(14-12-19)27(2)3)26-22(24-17)23-15-7-10-18-8-5-4-6-9-18/h4-6,8-9,11-14,16H,7,10,15H2,1-3H3,(H2,23,24,25,26). The van der Waals surface area contributed by atoms with E-state index >= 15 is 0 Å². The minimum absolute atomic E-state index is 0.662. The van der Waals surface area contributed by atoms with Gasteiger partial charge in [0.15, 0.2) is 0 Å². The monoisotopic (exact) mass is 361 g/mol. The molecule has 0 amide bonds. The van der Waals surface area contributed by atoms with Crippen LogP contribution in [0.3, 0.4) is 0 Å². The Morgan fingerprint density at radius 3 is 2.37 bits per heavy atom. The van der Waals surface area contributed by atoms with E-state index in [-0.39, 0.29) is 0 Å². The van der Waals surface area contributed by atoms with E-state index in [9.17, 15) is 0 Å². The Hall–Kier alpha value is -3.08. The van der Waals surface area contributed by atoms with Crippen LogP contribution in [0.2, 0.25) is 0 Å². The van der Waals surface area contributed by atoms with Crippen LogP contribution in [-0.4, -0.2) is 30.6 Å². The van der Waals surface area contributed by atoms with Crippen LogP contribution in [-0.2, 0) is 6.42 Å². The van der Waals surface area contributed by atoms with Crippen molar-refractivity contribution in [1.82, 2.24) is 9.97 Å². The first-order valence-corrected chi connectivity index (χ1v) is 9.28. The minimum Gasteiger partial charge on any atom is -0.378 e. The largest absolute Gasteiger partial charge is 0.378 e. The van der Waals surface area contributed by atoms with Crippen molar-refractivity contribution < 1.29 is 0 Å². The summed E-state index contributed by atoms with van der Waals surface area (Å²) in [6.45, 7) is 2.83. The van der Waals surface area contributed by atoms with Gasteiger partial charge in [0.05, 0.1) is 0 Å². The maximum atomic E-state index is 4.59. The van der Waals surface area contributed by atoms with Crippen molar-refractivity contribution in [2.24, 2.45) is 0 Å². The summed E-state index contributed by atoms with van der Waals surface area (Å²) >= 11 is 0. The molecule has 140 valence electrons. The molecule has 0 unspecified atom stereocenters. The number of benzene rings is 2. The van der Waals surface area contributed by atoms with Crippen molar-refractivity contribution in [2.75, 3.05) is 36.2 Å². The van der Waals surface area contributed by atoms with Gasteiger partial charge >= 0.3 is 0 Å². The Kier molecular flexibility index (Phi) is 6.26. The summed E-state index contributed by atoms with van der Waals surface area (Å²) in [5, 5.41) is 6.69. The third kappa shape index (κ3) is 5.71. The van der Waals surface area contributed by atoms with Crippen LogP contribution in [0.15, 0.2) is 60.7 Å². The van der Waals surface area contributed by atoms with E-state index in [4.69, 9.17) is 0 Å². The average Bonchev–Trinajstić information content (AvgIpc) is 2.66. The lowest BCUT2D eigenvalue weighted by molar-refractivity contribution is 0.851. The molecule has 0 bridgehead atoms. The second kappa shape index (κ2) is 9.03. The number of aromatic nitrogens is 2. The van der Waals surface area contributed by atoms with Crippen LogP contribution in [0.4, 0.5) is 23.1 Å². The summed E-state index contributed by atoms with van der Waals surface area (Å²) in [5.74, 6) is 1.46. The molecule has 0 saturated carbocycles. The van der Waals surface area contributed by atoms with Crippen LogP contribution in [0, 0.1) is 6.92 Å². The number of hydrogen-bond acceptors (Lipinski definition) is 5. The fraction of sp³-hybridized carbons (Fsp3) is 0.273. The number of rotatable bonds is 8. The van der Waals surface area contributed by atoms with E-state index in [2.05, 4.69) is 74.0 Å². The molecule has 0 fully saturated rings. The molecule has 0 aliphatic heterocycles. The summed E-state index contributed by atoms with van der Waals surface area (Å²) in [6.07, 6.45) is 2.08. The van der Waals surface area contributed by atoms with Crippen molar-refractivity contribution in [3.63, 3.8) is 0 Å². The van der Waals surface area contributed by atoms with E-state index in [0.717, 1.165) is 36.6 Å². The topological polar surface area (TPSA) is 53.1 Å². The molecular formula is C22H27N5. The Bertz CT molecular complexity index is 844. The van der Waals surface area contributed by atoms with E-state index in [1.165, 1.54) is 11.3 Å². The van der Waals surface area contributed by atoms with Crippen molar-refractivity contribution in [3.05, 3.63) is 71.9 Å². The third-order valence-corrected chi connectivity index (χ3v) is 4.28. The van der Waals surface area contributed by atoms with Gasteiger partial charge in [-0.25, -0.2) is 4.98 Å². The molecule has 0 atom stereocenters. The molecule has 2 N–H and O–H groups in total. The van der Waals surface area contributed by atoms with Gasteiger partial charge in [0.25, 0.3) is 0 Å². The highest BCUT2D eigenvalue weighted by atomic mass is 15.1. The molecule has 5 heteroatoms. The summed E-state index contributed by atoms with van der Waals surface area (Å²) in [6, 6.07) is 20.8. The van der Waals surface area contributed by atoms with E-state index in [0.29, 0.717) is 5.95 Å². The first-order valence-electron chi connectivity index (χ1n) is 9.28. The van der Waals surface area contributed by atoms with Gasteiger partial charge in [0.2, 0.25) is 5.95 Å². The van der Waals surface area contributed by atoms with Gasteiger partial charge in [0, 0.05) is 43.8 Å². The predicted octanol–water partition coefficient (Wildman–Crippen LogP) is 4.64. The van der Waals surface area contributed by atoms with Crippen LogP contribution in [0.1, 0.15) is 17.7 Å². The molecule has 0 spiro atoms. The zero-order valence-electron chi connectivity index (χ0n) is 16.2. The summed E-state index contributed by atoms with van der Waals surface area (Å²) < 4.78 is 0. The second-order valence-corrected chi connectivity index (χ2v) is 6.80. The molecule has 0 saturated heterocycles. The average molecular weight is 361 g/mol. The molecule has 0 radical (unpaired) electrons. The summed E-state index contributed by atoms with van der Waals surface area (Å²) in [7, 11) is 4.07. The maximum Gasteiger partial charge on any atom is 0.224 e. The first-order chi connectivity index (χ1) is 13.1. The molecule has 3 rings (SSSR count). The zero-order valence-corrected chi connectivity index (χ0v) is 16.2. The van der Waals surface area contributed by atoms with Gasteiger partial charge in [-0.05, 0) is 49.6 Å². The van der Waals surface area contributed by atoms with Gasteiger partial charge in [-0.2, -0.15) is 4.98 Å². The number of hydrogen-bond donors (Lipinski definition) is 2. The van der Waals surface area contributed by atoms with Crippen molar-refractivity contribution in [1.29, 1.82) is 0 Å². The fourth-order valence-electron chi connectivity index (χ4n) is 2.84. The molecule has 2 aromatic carbocycles.